The first-order valence-electron chi connectivity index (χ1n) is 5.43. The molecule has 0 aliphatic carbocycles. The van der Waals surface area contributed by atoms with Gasteiger partial charge in [0.1, 0.15) is 0 Å². The van der Waals surface area contributed by atoms with Crippen molar-refractivity contribution in [3.05, 3.63) is 0 Å². The van der Waals surface area contributed by atoms with Crippen LogP contribution in [0.15, 0.2) is 0 Å². The summed E-state index contributed by atoms with van der Waals surface area (Å²) in [6.07, 6.45) is 3.72. The van der Waals surface area contributed by atoms with Crippen LogP contribution in [-0.2, 0) is 4.79 Å². The molecule has 0 aromatic heterocycles. The second kappa shape index (κ2) is 5.32. The molecule has 1 rings (SSSR count). The predicted octanol–water partition coefficient (Wildman–Crippen LogP) is 0.487. The first-order chi connectivity index (χ1) is 6.69. The van der Waals surface area contributed by atoms with Gasteiger partial charge >= 0.3 is 0 Å². The molecule has 2 atom stereocenters. The number of amides is 1. The Morgan fingerprint density at radius 3 is 3.00 bits per heavy atom. The Morgan fingerprint density at radius 1 is 1.71 bits per heavy atom. The molecule has 0 spiro atoms. The standard InChI is InChI=1S/C10H21N3O/c1-3-4-9-5-6-13(7-9)8(2)10(14)12-11/h8-9H,3-7,11H2,1-2H3,(H,12,14). The molecule has 0 aromatic carbocycles. The molecule has 0 bridgehead atoms. The Bertz CT molecular complexity index is 196. The van der Waals surface area contributed by atoms with Gasteiger partial charge in [-0.25, -0.2) is 5.84 Å². The van der Waals surface area contributed by atoms with Crippen LogP contribution in [-0.4, -0.2) is 29.9 Å². The Labute approximate surface area is 85.8 Å². The van der Waals surface area contributed by atoms with Gasteiger partial charge in [0.05, 0.1) is 6.04 Å². The Hall–Kier alpha value is -0.610. The number of nitrogens with two attached hydrogens (primary N) is 1. The van der Waals surface area contributed by atoms with Crippen LogP contribution < -0.4 is 11.3 Å². The van der Waals surface area contributed by atoms with E-state index < -0.39 is 0 Å². The quantitative estimate of drug-likeness (QED) is 0.393. The van der Waals surface area contributed by atoms with Gasteiger partial charge in [-0.15, -0.1) is 0 Å². The molecule has 1 saturated heterocycles. The Morgan fingerprint density at radius 2 is 2.43 bits per heavy atom. The van der Waals surface area contributed by atoms with Crippen molar-refractivity contribution in [2.45, 2.75) is 39.2 Å². The summed E-state index contributed by atoms with van der Waals surface area (Å²) in [5.41, 5.74) is 2.21. The number of rotatable bonds is 4. The summed E-state index contributed by atoms with van der Waals surface area (Å²) < 4.78 is 0. The topological polar surface area (TPSA) is 58.4 Å². The molecule has 2 unspecified atom stereocenters. The molecule has 1 aliphatic rings. The van der Waals surface area contributed by atoms with Gasteiger partial charge in [0.15, 0.2) is 0 Å². The summed E-state index contributed by atoms with van der Waals surface area (Å²) in [4.78, 5) is 13.5. The van der Waals surface area contributed by atoms with Gasteiger partial charge in [-0.3, -0.25) is 15.1 Å². The summed E-state index contributed by atoms with van der Waals surface area (Å²) in [6.45, 7) is 6.19. The first-order valence-corrected chi connectivity index (χ1v) is 5.43. The van der Waals surface area contributed by atoms with Gasteiger partial charge in [0.25, 0.3) is 5.91 Å². The second-order valence-electron chi connectivity index (χ2n) is 4.12. The number of carbonyl (C=O) groups excluding carboxylic acids is 1. The normalized spacial score (nSPS) is 24.9. The highest BCUT2D eigenvalue weighted by Crippen LogP contribution is 2.22. The van der Waals surface area contributed by atoms with E-state index in [1.54, 1.807) is 0 Å². The molecule has 0 aromatic rings. The molecule has 4 nitrogen and oxygen atoms in total. The maximum absolute atomic E-state index is 11.3. The zero-order chi connectivity index (χ0) is 10.6. The van der Waals surface area contributed by atoms with Gasteiger partial charge in [0.2, 0.25) is 0 Å². The molecule has 1 aliphatic heterocycles. The van der Waals surface area contributed by atoms with Gasteiger partial charge in [0, 0.05) is 6.54 Å². The largest absolute Gasteiger partial charge is 0.293 e. The second-order valence-corrected chi connectivity index (χ2v) is 4.12. The number of nitrogens with one attached hydrogen (secondary N) is 1. The molecule has 82 valence electrons. The maximum atomic E-state index is 11.3. The van der Waals surface area contributed by atoms with E-state index in [0.29, 0.717) is 0 Å². The average Bonchev–Trinajstić information content (AvgIpc) is 2.64. The lowest BCUT2D eigenvalue weighted by atomic mass is 10.0. The summed E-state index contributed by atoms with van der Waals surface area (Å²) in [5.74, 6) is 5.80. The van der Waals surface area contributed by atoms with Crippen molar-refractivity contribution in [2.75, 3.05) is 13.1 Å². The minimum absolute atomic E-state index is 0.0813. The molecule has 3 N–H and O–H groups in total. The van der Waals surface area contributed by atoms with Crippen LogP contribution in [0.5, 0.6) is 0 Å². The zero-order valence-electron chi connectivity index (χ0n) is 9.12. The van der Waals surface area contributed by atoms with Crippen molar-refractivity contribution in [1.29, 1.82) is 0 Å². The number of hydrogen-bond donors (Lipinski definition) is 2. The lowest BCUT2D eigenvalue weighted by molar-refractivity contribution is -0.125. The summed E-state index contributed by atoms with van der Waals surface area (Å²) in [7, 11) is 0. The highest BCUT2D eigenvalue weighted by Gasteiger charge is 2.28. The van der Waals surface area contributed by atoms with Crippen molar-refractivity contribution in [2.24, 2.45) is 11.8 Å². The Balaban J connectivity index is 2.37. The first kappa shape index (κ1) is 11.5. The van der Waals surface area contributed by atoms with Crippen LogP contribution in [0.25, 0.3) is 0 Å². The number of carbonyl (C=O) groups is 1. The summed E-state index contributed by atoms with van der Waals surface area (Å²) in [5, 5.41) is 0. The minimum Gasteiger partial charge on any atom is -0.293 e. The number of hydrogen-bond acceptors (Lipinski definition) is 3. The van der Waals surface area contributed by atoms with E-state index in [-0.39, 0.29) is 11.9 Å². The van der Waals surface area contributed by atoms with Crippen molar-refractivity contribution < 1.29 is 4.79 Å². The van der Waals surface area contributed by atoms with Crippen LogP contribution in [0.1, 0.15) is 33.1 Å². The molecule has 1 fully saturated rings. The van der Waals surface area contributed by atoms with Gasteiger partial charge in [-0.1, -0.05) is 13.3 Å². The SMILES string of the molecule is CCCC1CCN(C(C)C(=O)NN)C1. The molecule has 1 heterocycles. The zero-order valence-corrected chi connectivity index (χ0v) is 9.12. The van der Waals surface area contributed by atoms with E-state index in [2.05, 4.69) is 17.2 Å². The molecular formula is C10H21N3O. The predicted molar refractivity (Wildman–Crippen MR) is 56.4 cm³/mol. The van der Waals surface area contributed by atoms with E-state index in [4.69, 9.17) is 5.84 Å². The molecule has 14 heavy (non-hydrogen) atoms. The van der Waals surface area contributed by atoms with Crippen LogP contribution in [0.3, 0.4) is 0 Å². The molecule has 1 amide bonds. The molecule has 0 radical (unpaired) electrons. The lowest BCUT2D eigenvalue weighted by Crippen LogP contribution is -2.46. The average molecular weight is 199 g/mol. The van der Waals surface area contributed by atoms with E-state index in [1.807, 2.05) is 6.92 Å². The van der Waals surface area contributed by atoms with Crippen LogP contribution in [0.4, 0.5) is 0 Å². The molecular weight excluding hydrogens is 178 g/mol. The third-order valence-electron chi connectivity index (χ3n) is 3.08. The van der Waals surface area contributed by atoms with Gasteiger partial charge in [-0.2, -0.15) is 0 Å². The maximum Gasteiger partial charge on any atom is 0.250 e. The smallest absolute Gasteiger partial charge is 0.250 e. The van der Waals surface area contributed by atoms with Crippen molar-refractivity contribution in [3.8, 4) is 0 Å². The summed E-state index contributed by atoms with van der Waals surface area (Å²) in [6, 6.07) is -0.0816. The molecule has 0 saturated carbocycles. The van der Waals surface area contributed by atoms with E-state index in [9.17, 15) is 4.79 Å². The van der Waals surface area contributed by atoms with Crippen LogP contribution in [0.2, 0.25) is 0 Å². The van der Waals surface area contributed by atoms with Gasteiger partial charge in [-0.05, 0) is 32.2 Å². The number of likely N-dealkylation sites (tertiary alicyclic amines) is 1. The number of hydrazine groups is 1. The van der Waals surface area contributed by atoms with E-state index in [0.717, 1.165) is 19.0 Å². The minimum atomic E-state index is -0.0816. The van der Waals surface area contributed by atoms with Crippen LogP contribution in [0, 0.1) is 5.92 Å². The van der Waals surface area contributed by atoms with Crippen molar-refractivity contribution in [3.63, 3.8) is 0 Å². The fourth-order valence-corrected chi connectivity index (χ4v) is 2.14. The highest BCUT2D eigenvalue weighted by atomic mass is 16.2. The van der Waals surface area contributed by atoms with Crippen LogP contribution >= 0.6 is 0 Å². The van der Waals surface area contributed by atoms with Crippen molar-refractivity contribution >= 4 is 5.91 Å². The summed E-state index contributed by atoms with van der Waals surface area (Å²) >= 11 is 0. The lowest BCUT2D eigenvalue weighted by Gasteiger charge is -2.22. The fraction of sp³-hybridized carbons (Fsp3) is 0.900. The third kappa shape index (κ3) is 2.69. The Kier molecular flexibility index (Phi) is 4.35. The van der Waals surface area contributed by atoms with Gasteiger partial charge < -0.3 is 0 Å². The fourth-order valence-electron chi connectivity index (χ4n) is 2.14. The highest BCUT2D eigenvalue weighted by molar-refractivity contribution is 5.80. The van der Waals surface area contributed by atoms with E-state index >= 15 is 0 Å². The van der Waals surface area contributed by atoms with E-state index in [1.165, 1.54) is 19.3 Å². The number of nitrogens with zero attached hydrogens (tertiary/aromatic N) is 1. The van der Waals surface area contributed by atoms with Crippen molar-refractivity contribution in [1.82, 2.24) is 10.3 Å². The molecule has 4 heteroatoms. The third-order valence-corrected chi connectivity index (χ3v) is 3.08. The monoisotopic (exact) mass is 199 g/mol.